The lowest BCUT2D eigenvalue weighted by Crippen LogP contribution is -2.39. The molecule has 0 aliphatic carbocycles. The third-order valence-electron chi connectivity index (χ3n) is 2.58. The molecule has 0 radical (unpaired) electrons. The number of carboxylic acid groups (broad SMARTS) is 1. The van der Waals surface area contributed by atoms with E-state index < -0.39 is 15.8 Å². The molecular weight excluding hydrogens is 218 g/mol. The van der Waals surface area contributed by atoms with Crippen LogP contribution in [0.1, 0.15) is 25.7 Å². The van der Waals surface area contributed by atoms with Gasteiger partial charge in [0.2, 0.25) is 0 Å². The molecule has 1 fully saturated rings. The third kappa shape index (κ3) is 4.17. The molecule has 5 nitrogen and oxygen atoms in total. The number of carbonyl (C=O) groups is 1. The van der Waals surface area contributed by atoms with Gasteiger partial charge in [0.15, 0.2) is 9.84 Å². The number of piperidine rings is 1. The summed E-state index contributed by atoms with van der Waals surface area (Å²) in [6, 6.07) is 0. The van der Waals surface area contributed by atoms with Crippen LogP contribution in [0.5, 0.6) is 0 Å². The Morgan fingerprint density at radius 1 is 1.47 bits per heavy atom. The zero-order valence-electron chi connectivity index (χ0n) is 8.61. The van der Waals surface area contributed by atoms with Gasteiger partial charge in [-0.1, -0.05) is 0 Å². The molecule has 1 aliphatic rings. The number of carboxylic acids is 1. The van der Waals surface area contributed by atoms with Gasteiger partial charge in [-0.05, 0) is 25.8 Å². The zero-order valence-corrected chi connectivity index (χ0v) is 9.42. The Kier molecular flexibility index (Phi) is 4.53. The van der Waals surface area contributed by atoms with Gasteiger partial charge in [0.1, 0.15) is 0 Å². The number of hydrogen-bond donors (Lipinski definition) is 2. The van der Waals surface area contributed by atoms with Gasteiger partial charge in [-0.2, -0.15) is 0 Å². The molecule has 1 unspecified atom stereocenters. The minimum Gasteiger partial charge on any atom is -0.481 e. The molecule has 1 heterocycles. The van der Waals surface area contributed by atoms with Gasteiger partial charge in [-0.25, -0.2) is 8.42 Å². The van der Waals surface area contributed by atoms with Gasteiger partial charge in [0.05, 0.1) is 11.0 Å². The lowest BCUT2D eigenvalue weighted by atomic mass is 10.2. The topological polar surface area (TPSA) is 83.5 Å². The lowest BCUT2D eigenvalue weighted by molar-refractivity contribution is -0.137. The maximum atomic E-state index is 11.7. The van der Waals surface area contributed by atoms with Crippen molar-refractivity contribution in [2.75, 3.05) is 18.8 Å². The Hall–Kier alpha value is -0.620. The number of aliphatic carboxylic acids is 1. The molecule has 0 bridgehead atoms. The molecule has 6 heteroatoms. The minimum atomic E-state index is -3.10. The predicted molar refractivity (Wildman–Crippen MR) is 56.5 cm³/mol. The number of sulfone groups is 1. The van der Waals surface area contributed by atoms with Gasteiger partial charge in [-0.15, -0.1) is 0 Å². The smallest absolute Gasteiger partial charge is 0.303 e. The highest BCUT2D eigenvalue weighted by atomic mass is 32.2. The summed E-state index contributed by atoms with van der Waals surface area (Å²) in [5.74, 6) is -0.946. The fourth-order valence-electron chi connectivity index (χ4n) is 1.72. The first-order chi connectivity index (χ1) is 7.02. The van der Waals surface area contributed by atoms with Crippen LogP contribution in [-0.2, 0) is 14.6 Å². The quantitative estimate of drug-likeness (QED) is 0.701. The SMILES string of the molecule is O=C(O)CCCS(=O)(=O)C1CCCNC1. The van der Waals surface area contributed by atoms with Gasteiger partial charge in [0.25, 0.3) is 0 Å². The van der Waals surface area contributed by atoms with Crippen LogP contribution >= 0.6 is 0 Å². The average Bonchev–Trinajstić information content (AvgIpc) is 2.18. The van der Waals surface area contributed by atoms with Gasteiger partial charge < -0.3 is 10.4 Å². The summed E-state index contributed by atoms with van der Waals surface area (Å²) < 4.78 is 23.5. The van der Waals surface area contributed by atoms with Crippen LogP contribution in [-0.4, -0.2) is 43.6 Å². The summed E-state index contributed by atoms with van der Waals surface area (Å²) in [4.78, 5) is 10.3. The van der Waals surface area contributed by atoms with Crippen LogP contribution in [0.15, 0.2) is 0 Å². The first kappa shape index (κ1) is 12.4. The first-order valence-electron chi connectivity index (χ1n) is 5.16. The van der Waals surface area contributed by atoms with Crippen LogP contribution in [0.4, 0.5) is 0 Å². The Balaban J connectivity index is 2.40. The van der Waals surface area contributed by atoms with Crippen molar-refractivity contribution in [1.82, 2.24) is 5.32 Å². The molecule has 1 rings (SSSR count). The van der Waals surface area contributed by atoms with Gasteiger partial charge in [0, 0.05) is 13.0 Å². The van der Waals surface area contributed by atoms with Crippen molar-refractivity contribution in [3.8, 4) is 0 Å². The fraction of sp³-hybridized carbons (Fsp3) is 0.889. The Morgan fingerprint density at radius 2 is 2.20 bits per heavy atom. The van der Waals surface area contributed by atoms with E-state index in [0.29, 0.717) is 13.0 Å². The normalized spacial score (nSPS) is 22.5. The Morgan fingerprint density at radius 3 is 2.73 bits per heavy atom. The monoisotopic (exact) mass is 235 g/mol. The molecule has 1 aliphatic heterocycles. The maximum absolute atomic E-state index is 11.7. The van der Waals surface area contributed by atoms with Gasteiger partial charge >= 0.3 is 5.97 Å². The summed E-state index contributed by atoms with van der Waals surface area (Å²) in [5.41, 5.74) is 0. The van der Waals surface area contributed by atoms with Gasteiger partial charge in [-0.3, -0.25) is 4.79 Å². The van der Waals surface area contributed by atoms with E-state index in [2.05, 4.69) is 5.32 Å². The van der Waals surface area contributed by atoms with E-state index in [1.165, 1.54) is 0 Å². The van der Waals surface area contributed by atoms with Crippen LogP contribution in [0, 0.1) is 0 Å². The van der Waals surface area contributed by atoms with E-state index in [9.17, 15) is 13.2 Å². The molecule has 0 saturated carbocycles. The summed E-state index contributed by atoms with van der Waals surface area (Å²) in [7, 11) is -3.10. The second-order valence-corrected chi connectivity index (χ2v) is 6.23. The van der Waals surface area contributed by atoms with Crippen LogP contribution in [0.3, 0.4) is 0 Å². The zero-order chi connectivity index (χ0) is 11.3. The number of rotatable bonds is 5. The molecular formula is C9H17NO4S. The van der Waals surface area contributed by atoms with Crippen molar-refractivity contribution in [3.63, 3.8) is 0 Å². The van der Waals surface area contributed by atoms with E-state index >= 15 is 0 Å². The van der Waals surface area contributed by atoms with Crippen LogP contribution in [0.2, 0.25) is 0 Å². The highest BCUT2D eigenvalue weighted by Gasteiger charge is 2.26. The Labute approximate surface area is 89.8 Å². The second-order valence-electron chi connectivity index (χ2n) is 3.83. The first-order valence-corrected chi connectivity index (χ1v) is 6.88. The maximum Gasteiger partial charge on any atom is 0.303 e. The molecule has 1 atom stereocenters. The molecule has 0 aromatic heterocycles. The van der Waals surface area contributed by atoms with Crippen molar-refractivity contribution < 1.29 is 18.3 Å². The molecule has 0 aromatic carbocycles. The standard InChI is InChI=1S/C9H17NO4S/c11-9(12)4-2-6-15(13,14)8-3-1-5-10-7-8/h8,10H,1-7H2,(H,11,12). The van der Waals surface area contributed by atoms with Crippen molar-refractivity contribution in [1.29, 1.82) is 0 Å². The molecule has 15 heavy (non-hydrogen) atoms. The summed E-state index contributed by atoms with van der Waals surface area (Å²) in [6.45, 7) is 1.39. The van der Waals surface area contributed by atoms with E-state index in [4.69, 9.17) is 5.11 Å². The van der Waals surface area contributed by atoms with Crippen molar-refractivity contribution >= 4 is 15.8 Å². The summed E-state index contributed by atoms with van der Waals surface area (Å²) in [5, 5.41) is 11.1. The third-order valence-corrected chi connectivity index (χ3v) is 4.85. The molecule has 0 aromatic rings. The van der Waals surface area contributed by atoms with Crippen molar-refractivity contribution in [2.24, 2.45) is 0 Å². The molecule has 0 spiro atoms. The highest BCUT2D eigenvalue weighted by Crippen LogP contribution is 2.13. The number of nitrogens with one attached hydrogen (secondary N) is 1. The predicted octanol–water partition coefficient (Wildman–Crippen LogP) is 0.0180. The Bertz CT molecular complexity index is 306. The fourth-order valence-corrected chi connectivity index (χ4v) is 3.50. The average molecular weight is 235 g/mol. The number of hydrogen-bond acceptors (Lipinski definition) is 4. The molecule has 1 saturated heterocycles. The lowest BCUT2D eigenvalue weighted by Gasteiger charge is -2.22. The largest absolute Gasteiger partial charge is 0.481 e. The van der Waals surface area contributed by atoms with E-state index in [-0.39, 0.29) is 23.8 Å². The van der Waals surface area contributed by atoms with E-state index in [1.54, 1.807) is 0 Å². The van der Waals surface area contributed by atoms with E-state index in [0.717, 1.165) is 13.0 Å². The van der Waals surface area contributed by atoms with Crippen LogP contribution < -0.4 is 5.32 Å². The summed E-state index contributed by atoms with van der Waals surface area (Å²) in [6.07, 6.45) is 1.72. The summed E-state index contributed by atoms with van der Waals surface area (Å²) >= 11 is 0. The molecule has 88 valence electrons. The van der Waals surface area contributed by atoms with Crippen LogP contribution in [0.25, 0.3) is 0 Å². The van der Waals surface area contributed by atoms with Crippen molar-refractivity contribution in [3.05, 3.63) is 0 Å². The molecule has 2 N–H and O–H groups in total. The van der Waals surface area contributed by atoms with Crippen molar-refractivity contribution in [2.45, 2.75) is 30.9 Å². The molecule has 0 amide bonds. The minimum absolute atomic E-state index is 0.00829. The second kappa shape index (κ2) is 5.46. The highest BCUT2D eigenvalue weighted by molar-refractivity contribution is 7.92. The van der Waals surface area contributed by atoms with E-state index in [1.807, 2.05) is 0 Å².